The second-order valence-electron chi connectivity index (χ2n) is 5.39. The molecule has 1 aliphatic carbocycles. The van der Waals surface area contributed by atoms with Crippen LogP contribution in [0.15, 0.2) is 42.6 Å². The van der Waals surface area contributed by atoms with Gasteiger partial charge in [0.25, 0.3) is 0 Å². The molecule has 2 aromatic rings. The fourth-order valence-corrected chi connectivity index (χ4v) is 2.85. The number of aromatic nitrogens is 2. The van der Waals surface area contributed by atoms with Gasteiger partial charge in [0.2, 0.25) is 5.78 Å². The smallest absolute Gasteiger partial charge is 0.212 e. The Kier molecular flexibility index (Phi) is 3.40. The van der Waals surface area contributed by atoms with Crippen LogP contribution in [0.5, 0.6) is 0 Å². The molecular weight excluding hydrogens is 252 g/mol. The van der Waals surface area contributed by atoms with Gasteiger partial charge in [0.1, 0.15) is 11.3 Å². The number of carbonyl (C=O) groups excluding carboxylic acids is 1. The third kappa shape index (κ3) is 2.27. The Morgan fingerprint density at radius 3 is 2.50 bits per heavy atom. The van der Waals surface area contributed by atoms with Crippen molar-refractivity contribution in [3.8, 4) is 5.69 Å². The van der Waals surface area contributed by atoms with E-state index in [1.54, 1.807) is 16.9 Å². The van der Waals surface area contributed by atoms with Gasteiger partial charge in [-0.2, -0.15) is 5.10 Å². The Balaban J connectivity index is 1.95. The van der Waals surface area contributed by atoms with Gasteiger partial charge in [0, 0.05) is 0 Å². The van der Waals surface area contributed by atoms with Crippen molar-refractivity contribution in [3.05, 3.63) is 48.3 Å². The van der Waals surface area contributed by atoms with Crippen molar-refractivity contribution in [1.82, 2.24) is 9.78 Å². The van der Waals surface area contributed by atoms with E-state index in [4.69, 9.17) is 0 Å². The fourth-order valence-electron chi connectivity index (χ4n) is 2.85. The third-order valence-electron chi connectivity index (χ3n) is 3.98. The molecule has 0 spiro atoms. The number of Topliss-reactive ketones (excluding diaryl/α,β-unsaturated/α-hetero) is 1. The summed E-state index contributed by atoms with van der Waals surface area (Å²) in [5.74, 6) is -0.210. The van der Waals surface area contributed by atoms with Crippen LogP contribution in [0.4, 0.5) is 0 Å². The summed E-state index contributed by atoms with van der Waals surface area (Å²) < 4.78 is 1.61. The Labute approximate surface area is 118 Å². The molecule has 1 fully saturated rings. The highest BCUT2D eigenvalue weighted by atomic mass is 16.3. The largest absolute Gasteiger partial charge is 0.382 e. The van der Waals surface area contributed by atoms with Crippen LogP contribution in [0.3, 0.4) is 0 Å². The van der Waals surface area contributed by atoms with Gasteiger partial charge in [-0.1, -0.05) is 37.5 Å². The van der Waals surface area contributed by atoms with E-state index < -0.39 is 5.60 Å². The van der Waals surface area contributed by atoms with Crippen molar-refractivity contribution in [2.24, 2.45) is 0 Å². The van der Waals surface area contributed by atoms with E-state index in [1.165, 1.54) is 0 Å². The molecule has 104 valence electrons. The first-order valence-electron chi connectivity index (χ1n) is 7.07. The van der Waals surface area contributed by atoms with Crippen LogP contribution in [0.2, 0.25) is 0 Å². The monoisotopic (exact) mass is 270 g/mol. The van der Waals surface area contributed by atoms with Gasteiger partial charge in [0.05, 0.1) is 11.9 Å². The van der Waals surface area contributed by atoms with E-state index in [2.05, 4.69) is 5.10 Å². The summed E-state index contributed by atoms with van der Waals surface area (Å²) in [5, 5.41) is 14.8. The van der Waals surface area contributed by atoms with E-state index in [0.717, 1.165) is 24.9 Å². The number of benzene rings is 1. The van der Waals surface area contributed by atoms with Crippen molar-refractivity contribution in [2.75, 3.05) is 0 Å². The molecule has 1 saturated carbocycles. The van der Waals surface area contributed by atoms with Crippen LogP contribution in [-0.4, -0.2) is 26.3 Å². The highest BCUT2D eigenvalue weighted by Crippen LogP contribution is 2.31. The SMILES string of the molecule is O=C(c1ccnn1-c1ccccc1)C1(O)CCCCC1. The highest BCUT2D eigenvalue weighted by Gasteiger charge is 2.39. The molecule has 1 aromatic heterocycles. The molecule has 0 unspecified atom stereocenters. The minimum atomic E-state index is -1.22. The molecule has 0 amide bonds. The standard InChI is InChI=1S/C16H18N2O2/c19-15(16(20)10-5-2-6-11-16)14-9-12-17-18(14)13-7-3-1-4-8-13/h1,3-4,7-9,12,20H,2,5-6,10-11H2. The second-order valence-corrected chi connectivity index (χ2v) is 5.39. The number of rotatable bonds is 3. The van der Waals surface area contributed by atoms with Crippen molar-refractivity contribution in [3.63, 3.8) is 0 Å². The van der Waals surface area contributed by atoms with Gasteiger partial charge in [-0.3, -0.25) is 4.79 Å². The molecule has 0 aliphatic heterocycles. The van der Waals surface area contributed by atoms with Gasteiger partial charge in [-0.25, -0.2) is 4.68 Å². The number of hydrogen-bond donors (Lipinski definition) is 1. The molecule has 0 atom stereocenters. The zero-order valence-corrected chi connectivity index (χ0v) is 11.3. The molecular formula is C16H18N2O2. The molecule has 4 nitrogen and oxygen atoms in total. The molecule has 1 aliphatic rings. The van der Waals surface area contributed by atoms with Gasteiger partial charge in [0.15, 0.2) is 0 Å². The second kappa shape index (κ2) is 5.21. The van der Waals surface area contributed by atoms with Crippen LogP contribution in [0, 0.1) is 0 Å². The van der Waals surface area contributed by atoms with Crippen LogP contribution in [0.1, 0.15) is 42.6 Å². The molecule has 1 heterocycles. The molecule has 0 bridgehead atoms. The Bertz CT molecular complexity index is 598. The predicted octanol–water partition coefficient (Wildman–Crippen LogP) is 2.75. The summed E-state index contributed by atoms with van der Waals surface area (Å²) in [6.45, 7) is 0. The maximum absolute atomic E-state index is 12.7. The molecule has 0 radical (unpaired) electrons. The molecule has 3 rings (SSSR count). The lowest BCUT2D eigenvalue weighted by atomic mass is 9.81. The summed E-state index contributed by atoms with van der Waals surface area (Å²) in [7, 11) is 0. The van der Waals surface area contributed by atoms with E-state index in [9.17, 15) is 9.90 Å². The maximum Gasteiger partial charge on any atom is 0.212 e. The normalized spacial score (nSPS) is 17.9. The van der Waals surface area contributed by atoms with E-state index in [1.807, 2.05) is 30.3 Å². The van der Waals surface area contributed by atoms with Crippen molar-refractivity contribution >= 4 is 5.78 Å². The summed E-state index contributed by atoms with van der Waals surface area (Å²) in [6.07, 6.45) is 5.60. The number of hydrogen-bond acceptors (Lipinski definition) is 3. The summed E-state index contributed by atoms with van der Waals surface area (Å²) in [6, 6.07) is 11.2. The lowest BCUT2D eigenvalue weighted by Gasteiger charge is -2.30. The van der Waals surface area contributed by atoms with E-state index in [0.29, 0.717) is 18.5 Å². The molecule has 20 heavy (non-hydrogen) atoms. The van der Waals surface area contributed by atoms with Crippen molar-refractivity contribution < 1.29 is 9.90 Å². The lowest BCUT2D eigenvalue weighted by molar-refractivity contribution is 0.0109. The average molecular weight is 270 g/mol. The van der Waals surface area contributed by atoms with Crippen molar-refractivity contribution in [1.29, 1.82) is 0 Å². The summed E-state index contributed by atoms with van der Waals surface area (Å²) in [5.41, 5.74) is 0.0750. The Morgan fingerprint density at radius 1 is 1.10 bits per heavy atom. The van der Waals surface area contributed by atoms with Crippen LogP contribution < -0.4 is 0 Å². The number of ketones is 1. The first kappa shape index (κ1) is 13.1. The summed E-state index contributed by atoms with van der Waals surface area (Å²) >= 11 is 0. The van der Waals surface area contributed by atoms with Crippen LogP contribution in [-0.2, 0) is 0 Å². The number of nitrogens with zero attached hydrogens (tertiary/aromatic N) is 2. The van der Waals surface area contributed by atoms with Gasteiger partial charge >= 0.3 is 0 Å². The topological polar surface area (TPSA) is 55.1 Å². The molecule has 1 N–H and O–H groups in total. The zero-order valence-electron chi connectivity index (χ0n) is 11.3. The third-order valence-corrected chi connectivity index (χ3v) is 3.98. The lowest BCUT2D eigenvalue weighted by Crippen LogP contribution is -2.41. The number of aliphatic hydroxyl groups is 1. The van der Waals surface area contributed by atoms with Crippen LogP contribution in [0.25, 0.3) is 5.69 Å². The fraction of sp³-hybridized carbons (Fsp3) is 0.375. The molecule has 4 heteroatoms. The van der Waals surface area contributed by atoms with Gasteiger partial charge in [-0.15, -0.1) is 0 Å². The average Bonchev–Trinajstić information content (AvgIpc) is 2.97. The molecule has 0 saturated heterocycles. The minimum Gasteiger partial charge on any atom is -0.382 e. The quantitative estimate of drug-likeness (QED) is 0.872. The van der Waals surface area contributed by atoms with Gasteiger partial charge in [-0.05, 0) is 31.0 Å². The van der Waals surface area contributed by atoms with Gasteiger partial charge < -0.3 is 5.11 Å². The van der Waals surface area contributed by atoms with Crippen molar-refractivity contribution in [2.45, 2.75) is 37.7 Å². The minimum absolute atomic E-state index is 0.210. The maximum atomic E-state index is 12.7. The predicted molar refractivity (Wildman–Crippen MR) is 75.9 cm³/mol. The summed E-state index contributed by atoms with van der Waals surface area (Å²) in [4.78, 5) is 12.7. The first-order valence-corrected chi connectivity index (χ1v) is 7.07. The molecule has 1 aromatic carbocycles. The zero-order chi connectivity index (χ0) is 14.0. The number of para-hydroxylation sites is 1. The Hall–Kier alpha value is -1.94. The van der Waals surface area contributed by atoms with Crippen LogP contribution >= 0.6 is 0 Å². The van der Waals surface area contributed by atoms with E-state index in [-0.39, 0.29) is 5.78 Å². The van der Waals surface area contributed by atoms with E-state index >= 15 is 0 Å². The highest BCUT2D eigenvalue weighted by molar-refractivity contribution is 6.01. The Morgan fingerprint density at radius 2 is 1.80 bits per heavy atom. The number of carbonyl (C=O) groups is 1. The first-order chi connectivity index (χ1) is 9.71.